The standard InChI is InChI=1S/C12H12O2/c1-9(13)2-3-10-4-5-12-11(8-10)6-7-14-12/h4-8H,2-3H2,1H3. The lowest BCUT2D eigenvalue weighted by atomic mass is 10.1. The summed E-state index contributed by atoms with van der Waals surface area (Å²) in [5.74, 6) is 0.234. The molecule has 2 rings (SSSR count). The molecule has 0 unspecified atom stereocenters. The number of hydrogen-bond donors (Lipinski definition) is 0. The molecular formula is C12H12O2. The second-order valence-corrected chi connectivity index (χ2v) is 3.49. The van der Waals surface area contributed by atoms with Gasteiger partial charge in [0.15, 0.2) is 0 Å². The highest BCUT2D eigenvalue weighted by atomic mass is 16.3. The molecule has 0 radical (unpaired) electrons. The van der Waals surface area contributed by atoms with E-state index in [2.05, 4.69) is 6.07 Å². The smallest absolute Gasteiger partial charge is 0.133 e. The van der Waals surface area contributed by atoms with Crippen molar-refractivity contribution in [3.63, 3.8) is 0 Å². The predicted octanol–water partition coefficient (Wildman–Crippen LogP) is 2.95. The Morgan fingerprint density at radius 3 is 3.00 bits per heavy atom. The van der Waals surface area contributed by atoms with Crippen molar-refractivity contribution in [2.75, 3.05) is 0 Å². The van der Waals surface area contributed by atoms with Crippen LogP contribution in [0.4, 0.5) is 0 Å². The number of aryl methyl sites for hydroxylation is 1. The third kappa shape index (κ3) is 1.84. The molecule has 2 heteroatoms. The van der Waals surface area contributed by atoms with Crippen LogP contribution in [-0.4, -0.2) is 5.78 Å². The van der Waals surface area contributed by atoms with Crippen LogP contribution in [0.15, 0.2) is 34.9 Å². The number of carbonyl (C=O) groups is 1. The van der Waals surface area contributed by atoms with E-state index in [1.165, 1.54) is 5.56 Å². The Kier molecular flexibility index (Phi) is 2.35. The summed E-state index contributed by atoms with van der Waals surface area (Å²) < 4.78 is 5.23. The second-order valence-electron chi connectivity index (χ2n) is 3.49. The summed E-state index contributed by atoms with van der Waals surface area (Å²) in [7, 11) is 0. The average molecular weight is 188 g/mol. The zero-order valence-corrected chi connectivity index (χ0v) is 8.12. The summed E-state index contributed by atoms with van der Waals surface area (Å²) in [6.45, 7) is 1.62. The molecule has 0 amide bonds. The first-order chi connectivity index (χ1) is 6.75. The molecule has 0 atom stereocenters. The topological polar surface area (TPSA) is 30.2 Å². The normalized spacial score (nSPS) is 10.6. The summed E-state index contributed by atoms with van der Waals surface area (Å²) in [6, 6.07) is 7.97. The van der Waals surface area contributed by atoms with Gasteiger partial charge in [-0.25, -0.2) is 0 Å². The van der Waals surface area contributed by atoms with Gasteiger partial charge in [0.1, 0.15) is 11.4 Å². The van der Waals surface area contributed by atoms with Gasteiger partial charge in [-0.05, 0) is 37.1 Å². The van der Waals surface area contributed by atoms with Crippen LogP contribution in [0.5, 0.6) is 0 Å². The minimum Gasteiger partial charge on any atom is -0.464 e. The van der Waals surface area contributed by atoms with E-state index in [0.717, 1.165) is 17.4 Å². The zero-order chi connectivity index (χ0) is 9.97. The van der Waals surface area contributed by atoms with Crippen molar-refractivity contribution in [1.82, 2.24) is 0 Å². The minimum atomic E-state index is 0.234. The van der Waals surface area contributed by atoms with Gasteiger partial charge in [-0.15, -0.1) is 0 Å². The van der Waals surface area contributed by atoms with Crippen LogP contribution in [0, 0.1) is 0 Å². The maximum atomic E-state index is 10.8. The number of hydrogen-bond acceptors (Lipinski definition) is 2. The van der Waals surface area contributed by atoms with Gasteiger partial charge >= 0.3 is 0 Å². The molecule has 1 heterocycles. The first-order valence-electron chi connectivity index (χ1n) is 4.71. The Morgan fingerprint density at radius 2 is 2.21 bits per heavy atom. The number of carbonyl (C=O) groups excluding carboxylic acids is 1. The van der Waals surface area contributed by atoms with Gasteiger partial charge in [0.2, 0.25) is 0 Å². The molecule has 2 nitrogen and oxygen atoms in total. The first kappa shape index (κ1) is 9.00. The van der Waals surface area contributed by atoms with Gasteiger partial charge < -0.3 is 9.21 Å². The quantitative estimate of drug-likeness (QED) is 0.741. The van der Waals surface area contributed by atoms with E-state index < -0.39 is 0 Å². The van der Waals surface area contributed by atoms with Crippen molar-refractivity contribution >= 4 is 16.8 Å². The van der Waals surface area contributed by atoms with E-state index in [1.807, 2.05) is 18.2 Å². The Hall–Kier alpha value is -1.57. The summed E-state index contributed by atoms with van der Waals surface area (Å²) >= 11 is 0. The van der Waals surface area contributed by atoms with Crippen molar-refractivity contribution in [2.24, 2.45) is 0 Å². The van der Waals surface area contributed by atoms with E-state index in [-0.39, 0.29) is 5.78 Å². The molecule has 72 valence electrons. The minimum absolute atomic E-state index is 0.234. The van der Waals surface area contributed by atoms with Gasteiger partial charge in [0.05, 0.1) is 6.26 Å². The van der Waals surface area contributed by atoms with Gasteiger partial charge in [0.25, 0.3) is 0 Å². The highest BCUT2D eigenvalue weighted by Crippen LogP contribution is 2.17. The number of rotatable bonds is 3. The summed E-state index contributed by atoms with van der Waals surface area (Å²) in [5.41, 5.74) is 2.09. The molecule has 0 aliphatic heterocycles. The molecule has 14 heavy (non-hydrogen) atoms. The van der Waals surface area contributed by atoms with Gasteiger partial charge in [-0.1, -0.05) is 6.07 Å². The Bertz CT molecular complexity index is 454. The second kappa shape index (κ2) is 3.66. The van der Waals surface area contributed by atoms with E-state index in [4.69, 9.17) is 4.42 Å². The lowest BCUT2D eigenvalue weighted by Gasteiger charge is -1.98. The van der Waals surface area contributed by atoms with Crippen molar-refractivity contribution < 1.29 is 9.21 Å². The third-order valence-electron chi connectivity index (χ3n) is 2.28. The first-order valence-corrected chi connectivity index (χ1v) is 4.71. The third-order valence-corrected chi connectivity index (χ3v) is 2.28. The van der Waals surface area contributed by atoms with Crippen molar-refractivity contribution in [3.05, 3.63) is 36.1 Å². The molecule has 0 bridgehead atoms. The lowest BCUT2D eigenvalue weighted by Crippen LogP contribution is -1.93. The summed E-state index contributed by atoms with van der Waals surface area (Å²) in [4.78, 5) is 10.8. The van der Waals surface area contributed by atoms with Crippen LogP contribution < -0.4 is 0 Å². The van der Waals surface area contributed by atoms with E-state index >= 15 is 0 Å². The Labute approximate surface area is 82.5 Å². The van der Waals surface area contributed by atoms with Crippen molar-refractivity contribution in [2.45, 2.75) is 19.8 Å². The molecule has 1 aromatic carbocycles. The average Bonchev–Trinajstić information content (AvgIpc) is 2.61. The Balaban J connectivity index is 2.21. The van der Waals surface area contributed by atoms with Crippen LogP contribution in [0.1, 0.15) is 18.9 Å². The van der Waals surface area contributed by atoms with Gasteiger partial charge in [-0.3, -0.25) is 0 Å². The SMILES string of the molecule is CC(=O)CCc1ccc2occc2c1. The summed E-state index contributed by atoms with van der Waals surface area (Å²) in [6.07, 6.45) is 3.11. The lowest BCUT2D eigenvalue weighted by molar-refractivity contribution is -0.116. The molecule has 0 aliphatic carbocycles. The predicted molar refractivity (Wildman–Crippen MR) is 55.2 cm³/mol. The Morgan fingerprint density at radius 1 is 1.36 bits per heavy atom. The molecule has 0 saturated carbocycles. The number of furan rings is 1. The van der Waals surface area contributed by atoms with Crippen LogP contribution >= 0.6 is 0 Å². The van der Waals surface area contributed by atoms with Crippen molar-refractivity contribution in [3.8, 4) is 0 Å². The van der Waals surface area contributed by atoms with E-state index in [0.29, 0.717) is 6.42 Å². The maximum absolute atomic E-state index is 10.8. The fourth-order valence-electron chi connectivity index (χ4n) is 1.49. The zero-order valence-electron chi connectivity index (χ0n) is 8.12. The fourth-order valence-corrected chi connectivity index (χ4v) is 1.49. The number of benzene rings is 1. The van der Waals surface area contributed by atoms with E-state index in [9.17, 15) is 4.79 Å². The molecule has 0 aliphatic rings. The molecular weight excluding hydrogens is 176 g/mol. The summed E-state index contributed by atoms with van der Waals surface area (Å²) in [5, 5.41) is 1.10. The van der Waals surface area contributed by atoms with Gasteiger partial charge in [-0.2, -0.15) is 0 Å². The monoisotopic (exact) mass is 188 g/mol. The maximum Gasteiger partial charge on any atom is 0.133 e. The molecule has 0 fully saturated rings. The van der Waals surface area contributed by atoms with E-state index in [1.54, 1.807) is 13.2 Å². The van der Waals surface area contributed by atoms with Crippen LogP contribution in [-0.2, 0) is 11.2 Å². The molecule has 0 N–H and O–H groups in total. The highest BCUT2D eigenvalue weighted by molar-refractivity contribution is 5.78. The van der Waals surface area contributed by atoms with Crippen LogP contribution in [0.2, 0.25) is 0 Å². The molecule has 2 aromatic rings. The highest BCUT2D eigenvalue weighted by Gasteiger charge is 2.00. The van der Waals surface area contributed by atoms with Crippen LogP contribution in [0.25, 0.3) is 11.0 Å². The number of Topliss-reactive ketones (excluding diaryl/α,β-unsaturated/α-hetero) is 1. The largest absolute Gasteiger partial charge is 0.464 e. The van der Waals surface area contributed by atoms with Crippen LogP contribution in [0.3, 0.4) is 0 Å². The van der Waals surface area contributed by atoms with Crippen molar-refractivity contribution in [1.29, 1.82) is 0 Å². The van der Waals surface area contributed by atoms with Gasteiger partial charge in [0, 0.05) is 11.8 Å². The molecule has 0 spiro atoms. The molecule has 1 aromatic heterocycles. The number of ketones is 1. The number of fused-ring (bicyclic) bond motifs is 1. The molecule has 0 saturated heterocycles. The fraction of sp³-hybridized carbons (Fsp3) is 0.250.